The zero-order valence-corrected chi connectivity index (χ0v) is 9.76. The lowest BCUT2D eigenvalue weighted by Crippen LogP contribution is -2.49. The second-order valence-electron chi connectivity index (χ2n) is 4.49. The summed E-state index contributed by atoms with van der Waals surface area (Å²) in [5, 5.41) is 3.17. The first-order valence-corrected chi connectivity index (χ1v) is 6.37. The molecule has 3 heterocycles. The van der Waals surface area contributed by atoms with Crippen LogP contribution in [-0.4, -0.2) is 29.0 Å². The molecule has 86 valence electrons. The van der Waals surface area contributed by atoms with E-state index >= 15 is 0 Å². The van der Waals surface area contributed by atoms with Crippen molar-refractivity contribution in [2.75, 3.05) is 13.2 Å². The van der Waals surface area contributed by atoms with Crippen LogP contribution in [0.3, 0.4) is 0 Å². The summed E-state index contributed by atoms with van der Waals surface area (Å²) >= 11 is 1.51. The van der Waals surface area contributed by atoms with Gasteiger partial charge < -0.3 is 10.1 Å². The van der Waals surface area contributed by atoms with Crippen molar-refractivity contribution in [3.63, 3.8) is 0 Å². The number of ether oxygens (including phenoxy) is 1. The monoisotopic (exact) mass is 238 g/mol. The van der Waals surface area contributed by atoms with E-state index in [-0.39, 0.29) is 17.4 Å². The minimum Gasteiger partial charge on any atom is -0.381 e. The molecule has 0 saturated carbocycles. The maximum Gasteiger partial charge on any atom is 0.221 e. The number of hydrogen-bond donors (Lipinski definition) is 1. The van der Waals surface area contributed by atoms with E-state index in [9.17, 15) is 4.79 Å². The number of hydrogen-bond acceptors (Lipinski definition) is 4. The van der Waals surface area contributed by atoms with Gasteiger partial charge in [0.25, 0.3) is 0 Å². The lowest BCUT2D eigenvalue weighted by molar-refractivity contribution is -0.120. The van der Waals surface area contributed by atoms with Crippen molar-refractivity contribution < 1.29 is 9.53 Å². The summed E-state index contributed by atoms with van der Waals surface area (Å²) < 4.78 is 9.53. The number of carbonyl (C=O) groups is 1. The second kappa shape index (κ2) is 3.82. The third kappa shape index (κ3) is 1.55. The SMILES string of the molecule is O=C1CC(c2ccns2)C2(CCOCC2)N1. The molecule has 2 aliphatic rings. The van der Waals surface area contributed by atoms with E-state index in [4.69, 9.17) is 4.74 Å². The van der Waals surface area contributed by atoms with E-state index in [0.29, 0.717) is 6.42 Å². The van der Waals surface area contributed by atoms with E-state index in [1.165, 1.54) is 16.4 Å². The summed E-state index contributed by atoms with van der Waals surface area (Å²) in [5.41, 5.74) is -0.0676. The molecule has 1 N–H and O–H groups in total. The van der Waals surface area contributed by atoms with Crippen LogP contribution in [0.2, 0.25) is 0 Å². The predicted octanol–water partition coefficient (Wildman–Crippen LogP) is 1.30. The Balaban J connectivity index is 1.93. The first-order valence-electron chi connectivity index (χ1n) is 5.59. The van der Waals surface area contributed by atoms with Crippen LogP contribution >= 0.6 is 11.5 Å². The van der Waals surface area contributed by atoms with E-state index < -0.39 is 0 Å². The molecule has 0 radical (unpaired) electrons. The molecular formula is C11H14N2O2S. The van der Waals surface area contributed by atoms with Crippen molar-refractivity contribution in [1.82, 2.24) is 9.69 Å². The summed E-state index contributed by atoms with van der Waals surface area (Å²) in [6.07, 6.45) is 4.25. The molecule has 2 aliphatic heterocycles. The van der Waals surface area contributed by atoms with Gasteiger partial charge in [-0.05, 0) is 30.4 Å². The van der Waals surface area contributed by atoms with Gasteiger partial charge in [0.2, 0.25) is 5.91 Å². The predicted molar refractivity (Wildman–Crippen MR) is 60.4 cm³/mol. The standard InChI is InChI=1S/C11H14N2O2S/c14-10-7-8(9-1-4-12-16-9)11(13-10)2-5-15-6-3-11/h1,4,8H,2-3,5-7H2,(H,13,14). The van der Waals surface area contributed by atoms with Crippen LogP contribution in [0.15, 0.2) is 12.3 Å². The van der Waals surface area contributed by atoms with Crippen molar-refractivity contribution in [2.45, 2.75) is 30.7 Å². The molecule has 1 spiro atoms. The van der Waals surface area contributed by atoms with Gasteiger partial charge >= 0.3 is 0 Å². The Hall–Kier alpha value is -0.940. The molecule has 1 aromatic rings. The van der Waals surface area contributed by atoms with Gasteiger partial charge in [-0.15, -0.1) is 0 Å². The second-order valence-corrected chi connectivity index (χ2v) is 5.35. The van der Waals surface area contributed by atoms with E-state index in [1.807, 2.05) is 12.3 Å². The van der Waals surface area contributed by atoms with Crippen molar-refractivity contribution in [3.8, 4) is 0 Å². The number of amides is 1. The minimum absolute atomic E-state index is 0.0676. The first-order chi connectivity index (χ1) is 7.80. The fourth-order valence-corrected chi connectivity index (χ4v) is 3.59. The molecule has 0 aliphatic carbocycles. The number of nitrogens with zero attached hydrogens (tertiary/aromatic N) is 1. The number of aromatic nitrogens is 1. The van der Waals surface area contributed by atoms with Gasteiger partial charge in [-0.2, -0.15) is 0 Å². The van der Waals surface area contributed by atoms with Crippen molar-refractivity contribution in [2.24, 2.45) is 0 Å². The Bertz CT molecular complexity index is 385. The van der Waals surface area contributed by atoms with E-state index in [0.717, 1.165) is 26.1 Å². The highest BCUT2D eigenvalue weighted by molar-refractivity contribution is 7.05. The van der Waals surface area contributed by atoms with Crippen LogP contribution in [-0.2, 0) is 9.53 Å². The normalized spacial score (nSPS) is 28.2. The van der Waals surface area contributed by atoms with Crippen molar-refractivity contribution in [3.05, 3.63) is 17.1 Å². The maximum absolute atomic E-state index is 11.7. The molecule has 1 unspecified atom stereocenters. The molecular weight excluding hydrogens is 224 g/mol. The zero-order valence-electron chi connectivity index (χ0n) is 8.94. The van der Waals surface area contributed by atoms with E-state index in [2.05, 4.69) is 9.69 Å². The van der Waals surface area contributed by atoms with Gasteiger partial charge in [0, 0.05) is 36.6 Å². The molecule has 5 heteroatoms. The van der Waals surface area contributed by atoms with Gasteiger partial charge in [0.1, 0.15) is 0 Å². The number of rotatable bonds is 1. The molecule has 1 aromatic heterocycles. The average Bonchev–Trinajstić information content (AvgIpc) is 2.88. The van der Waals surface area contributed by atoms with Crippen molar-refractivity contribution in [1.29, 1.82) is 0 Å². The Morgan fingerprint density at radius 3 is 3.00 bits per heavy atom. The molecule has 16 heavy (non-hydrogen) atoms. The third-order valence-corrected chi connectivity index (χ3v) is 4.49. The summed E-state index contributed by atoms with van der Waals surface area (Å²) in [6, 6.07) is 2.03. The van der Waals surface area contributed by atoms with Crippen molar-refractivity contribution >= 4 is 17.4 Å². The van der Waals surface area contributed by atoms with Gasteiger partial charge in [0.05, 0.1) is 5.54 Å². The van der Waals surface area contributed by atoms with Gasteiger partial charge in [-0.1, -0.05) is 0 Å². The molecule has 0 aromatic carbocycles. The van der Waals surface area contributed by atoms with Crippen LogP contribution in [0.1, 0.15) is 30.1 Å². The molecule has 1 atom stereocenters. The molecule has 4 nitrogen and oxygen atoms in total. The van der Waals surface area contributed by atoms with Crippen LogP contribution in [0.5, 0.6) is 0 Å². The Labute approximate surface area is 98.2 Å². The highest BCUT2D eigenvalue weighted by Gasteiger charge is 2.48. The Kier molecular flexibility index (Phi) is 2.44. The first kappa shape index (κ1) is 10.2. The lowest BCUT2D eigenvalue weighted by Gasteiger charge is -2.37. The lowest BCUT2D eigenvalue weighted by atomic mass is 9.78. The average molecular weight is 238 g/mol. The smallest absolute Gasteiger partial charge is 0.221 e. The van der Waals surface area contributed by atoms with E-state index in [1.54, 1.807) is 0 Å². The Morgan fingerprint density at radius 1 is 1.50 bits per heavy atom. The quantitative estimate of drug-likeness (QED) is 0.802. The largest absolute Gasteiger partial charge is 0.381 e. The van der Waals surface area contributed by atoms with Gasteiger partial charge in [-0.3, -0.25) is 4.79 Å². The molecule has 2 fully saturated rings. The summed E-state index contributed by atoms with van der Waals surface area (Å²) in [6.45, 7) is 1.49. The van der Waals surface area contributed by atoms with Crippen LogP contribution in [0.25, 0.3) is 0 Å². The zero-order chi connectivity index (χ0) is 11.0. The molecule has 0 bridgehead atoms. The van der Waals surface area contributed by atoms with Crippen LogP contribution in [0.4, 0.5) is 0 Å². The summed E-state index contributed by atoms with van der Waals surface area (Å²) in [5.74, 6) is 0.455. The van der Waals surface area contributed by atoms with Crippen LogP contribution < -0.4 is 5.32 Å². The van der Waals surface area contributed by atoms with Crippen LogP contribution in [0, 0.1) is 0 Å². The third-order valence-electron chi connectivity index (χ3n) is 3.63. The highest BCUT2D eigenvalue weighted by atomic mass is 32.1. The summed E-state index contributed by atoms with van der Waals surface area (Å²) in [4.78, 5) is 12.9. The highest BCUT2D eigenvalue weighted by Crippen LogP contribution is 2.43. The number of nitrogens with one attached hydrogen (secondary N) is 1. The molecule has 1 amide bonds. The fraction of sp³-hybridized carbons (Fsp3) is 0.636. The molecule has 2 saturated heterocycles. The van der Waals surface area contributed by atoms with Gasteiger partial charge in [0.15, 0.2) is 0 Å². The topological polar surface area (TPSA) is 51.2 Å². The fourth-order valence-electron chi connectivity index (χ4n) is 2.78. The minimum atomic E-state index is -0.0676. The molecule has 3 rings (SSSR count). The Morgan fingerprint density at radius 2 is 2.31 bits per heavy atom. The summed E-state index contributed by atoms with van der Waals surface area (Å²) in [7, 11) is 0. The van der Waals surface area contributed by atoms with Gasteiger partial charge in [-0.25, -0.2) is 4.37 Å². The number of carbonyl (C=O) groups excluding carboxylic acids is 1. The maximum atomic E-state index is 11.7.